The van der Waals surface area contributed by atoms with Crippen molar-refractivity contribution in [3.8, 4) is 17.2 Å². The summed E-state index contributed by atoms with van der Waals surface area (Å²) in [4.78, 5) is 1.59. The van der Waals surface area contributed by atoms with E-state index in [4.69, 9.17) is 26.4 Å². The number of benzene rings is 1. The maximum absolute atomic E-state index is 10.5. The number of aliphatic hydroxyl groups is 2. The zero-order chi connectivity index (χ0) is 16.3. The van der Waals surface area contributed by atoms with Crippen molar-refractivity contribution >= 4 is 28.3 Å². The molecule has 1 atom stereocenters. The predicted molar refractivity (Wildman–Crippen MR) is 88.7 cm³/mol. The summed E-state index contributed by atoms with van der Waals surface area (Å²) in [5.41, 5.74) is -0.586. The fraction of sp³-hybridized carbons (Fsp3) is 0.500. The van der Waals surface area contributed by atoms with Gasteiger partial charge >= 0.3 is 0 Å². The molecule has 1 fully saturated rings. The second-order valence-electron chi connectivity index (χ2n) is 4.77. The first kappa shape index (κ1) is 17.1. The number of rotatable bonds is 6. The van der Waals surface area contributed by atoms with E-state index in [9.17, 15) is 10.2 Å². The van der Waals surface area contributed by atoms with Gasteiger partial charge in [0.05, 0.1) is 40.2 Å². The Bertz CT molecular complexity index is 568. The molecule has 0 aliphatic carbocycles. The number of nitrogens with zero attached hydrogens (tertiary/aromatic N) is 1. The first-order chi connectivity index (χ1) is 10.5. The van der Waals surface area contributed by atoms with Gasteiger partial charge in [0, 0.05) is 5.56 Å². The quantitative estimate of drug-likeness (QED) is 0.746. The zero-order valence-corrected chi connectivity index (χ0v) is 14.3. The molecule has 0 aromatic heterocycles. The highest BCUT2D eigenvalue weighted by atomic mass is 32.2. The zero-order valence-electron chi connectivity index (χ0n) is 12.7. The summed E-state index contributed by atoms with van der Waals surface area (Å²) >= 11 is 6.60. The Balaban J connectivity index is 2.39. The predicted octanol–water partition coefficient (Wildman–Crippen LogP) is 1.23. The topological polar surface area (TPSA) is 71.4 Å². The molecule has 0 amide bonds. The first-order valence-corrected chi connectivity index (χ1v) is 7.95. The van der Waals surface area contributed by atoms with Crippen molar-refractivity contribution in [2.45, 2.75) is 12.3 Å². The lowest BCUT2D eigenvalue weighted by atomic mass is 10.1. The standard InChI is InChI=1S/C14H19NO5S2/c1-18-10-5-4-9(11(19-2)12(10)20-3)6-15-13(21)22-8-14(15,17)7-16/h4-5,16-17H,6-8H2,1-3H3. The van der Waals surface area contributed by atoms with Gasteiger partial charge in [0.1, 0.15) is 4.32 Å². The number of ether oxygens (including phenoxy) is 3. The van der Waals surface area contributed by atoms with E-state index in [0.29, 0.717) is 33.9 Å². The highest BCUT2D eigenvalue weighted by Crippen LogP contribution is 2.42. The highest BCUT2D eigenvalue weighted by Gasteiger charge is 2.42. The van der Waals surface area contributed by atoms with Crippen molar-refractivity contribution in [1.29, 1.82) is 0 Å². The average Bonchev–Trinajstić information content (AvgIpc) is 2.83. The van der Waals surface area contributed by atoms with Crippen LogP contribution in [0.25, 0.3) is 0 Å². The minimum absolute atomic E-state index is 0.298. The van der Waals surface area contributed by atoms with Crippen LogP contribution >= 0.6 is 24.0 Å². The molecule has 0 radical (unpaired) electrons. The minimum Gasteiger partial charge on any atom is -0.493 e. The van der Waals surface area contributed by atoms with Crippen molar-refractivity contribution < 1.29 is 24.4 Å². The van der Waals surface area contributed by atoms with Gasteiger partial charge in [-0.15, -0.1) is 0 Å². The summed E-state index contributed by atoms with van der Waals surface area (Å²) in [6.45, 7) is -0.0951. The largest absolute Gasteiger partial charge is 0.493 e. The molecule has 0 saturated carbocycles. The molecule has 6 nitrogen and oxygen atoms in total. The molecule has 0 spiro atoms. The van der Waals surface area contributed by atoms with Gasteiger partial charge in [0.25, 0.3) is 0 Å². The third-order valence-corrected chi connectivity index (χ3v) is 5.16. The van der Waals surface area contributed by atoms with Crippen molar-refractivity contribution in [3.05, 3.63) is 17.7 Å². The van der Waals surface area contributed by atoms with E-state index in [2.05, 4.69) is 0 Å². The van der Waals surface area contributed by atoms with Crippen molar-refractivity contribution in [2.24, 2.45) is 0 Å². The van der Waals surface area contributed by atoms with Crippen LogP contribution in [0.15, 0.2) is 12.1 Å². The first-order valence-electron chi connectivity index (χ1n) is 6.56. The van der Waals surface area contributed by atoms with Gasteiger partial charge in [-0.2, -0.15) is 0 Å². The van der Waals surface area contributed by atoms with Crippen molar-refractivity contribution in [1.82, 2.24) is 4.90 Å². The third-order valence-electron chi connectivity index (χ3n) is 3.52. The van der Waals surface area contributed by atoms with Crippen LogP contribution in [0.5, 0.6) is 17.2 Å². The molecule has 1 aliphatic rings. The molecule has 1 unspecified atom stereocenters. The second kappa shape index (κ2) is 6.91. The van der Waals surface area contributed by atoms with E-state index in [-0.39, 0.29) is 0 Å². The number of thioether (sulfide) groups is 1. The highest BCUT2D eigenvalue weighted by molar-refractivity contribution is 8.23. The lowest BCUT2D eigenvalue weighted by Crippen LogP contribution is -2.49. The Labute approximate surface area is 139 Å². The van der Waals surface area contributed by atoms with Crippen LogP contribution in [0.4, 0.5) is 0 Å². The van der Waals surface area contributed by atoms with E-state index in [1.54, 1.807) is 18.1 Å². The number of thiocarbonyl (C=S) groups is 1. The molecule has 22 heavy (non-hydrogen) atoms. The summed E-state index contributed by atoms with van der Waals surface area (Å²) in [5, 5.41) is 19.9. The van der Waals surface area contributed by atoms with Crippen LogP contribution in [0.1, 0.15) is 5.56 Å². The molecule has 8 heteroatoms. The van der Waals surface area contributed by atoms with Gasteiger partial charge in [-0.1, -0.05) is 24.0 Å². The second-order valence-corrected chi connectivity index (χ2v) is 6.38. The molecule has 1 heterocycles. The van der Waals surface area contributed by atoms with E-state index in [0.717, 1.165) is 5.56 Å². The Kier molecular flexibility index (Phi) is 5.38. The Morgan fingerprint density at radius 3 is 2.45 bits per heavy atom. The van der Waals surface area contributed by atoms with E-state index < -0.39 is 12.3 Å². The van der Waals surface area contributed by atoms with Crippen molar-refractivity contribution in [3.63, 3.8) is 0 Å². The molecule has 1 aromatic rings. The molecule has 1 aromatic carbocycles. The maximum atomic E-state index is 10.5. The van der Waals surface area contributed by atoms with Gasteiger partial charge in [-0.25, -0.2) is 0 Å². The summed E-state index contributed by atoms with van der Waals surface area (Å²) < 4.78 is 16.6. The Morgan fingerprint density at radius 2 is 1.91 bits per heavy atom. The number of hydrogen-bond acceptors (Lipinski definition) is 7. The summed E-state index contributed by atoms with van der Waals surface area (Å²) in [6.07, 6.45) is 0. The minimum atomic E-state index is -1.36. The fourth-order valence-electron chi connectivity index (χ4n) is 2.30. The van der Waals surface area contributed by atoms with Gasteiger partial charge in [0.2, 0.25) is 5.75 Å². The smallest absolute Gasteiger partial charge is 0.203 e. The number of hydrogen-bond donors (Lipinski definition) is 2. The third kappa shape index (κ3) is 2.96. The lowest BCUT2D eigenvalue weighted by molar-refractivity contribution is -0.0835. The Hall–Kier alpha value is -1.22. The van der Waals surface area contributed by atoms with E-state index in [1.165, 1.54) is 26.0 Å². The number of methoxy groups -OCH3 is 3. The van der Waals surface area contributed by atoms with Crippen molar-refractivity contribution in [2.75, 3.05) is 33.7 Å². The van der Waals surface area contributed by atoms with Gasteiger partial charge in [0.15, 0.2) is 17.2 Å². The van der Waals surface area contributed by atoms with Crippen LogP contribution in [-0.4, -0.2) is 58.8 Å². The van der Waals surface area contributed by atoms with Gasteiger partial charge in [-0.05, 0) is 12.1 Å². The molecule has 0 bridgehead atoms. The van der Waals surface area contributed by atoms with Crippen LogP contribution in [0.2, 0.25) is 0 Å². The molecular weight excluding hydrogens is 326 g/mol. The summed E-state index contributed by atoms with van der Waals surface area (Å²) in [6, 6.07) is 3.59. The molecular formula is C14H19NO5S2. The average molecular weight is 345 g/mol. The summed E-state index contributed by atoms with van der Waals surface area (Å²) in [5.74, 6) is 1.88. The molecule has 2 N–H and O–H groups in total. The SMILES string of the molecule is COc1ccc(CN2C(=S)SCC2(O)CO)c(OC)c1OC. The lowest BCUT2D eigenvalue weighted by Gasteiger charge is -2.32. The van der Waals surface area contributed by atoms with E-state index >= 15 is 0 Å². The normalized spacial score (nSPS) is 21.1. The monoisotopic (exact) mass is 345 g/mol. The van der Waals surface area contributed by atoms with Crippen LogP contribution in [0.3, 0.4) is 0 Å². The van der Waals surface area contributed by atoms with Crippen LogP contribution in [0, 0.1) is 0 Å². The Morgan fingerprint density at radius 1 is 1.23 bits per heavy atom. The van der Waals surface area contributed by atoms with Gasteiger partial charge in [-0.3, -0.25) is 0 Å². The molecule has 122 valence electrons. The number of aliphatic hydroxyl groups excluding tert-OH is 1. The van der Waals surface area contributed by atoms with Crippen LogP contribution < -0.4 is 14.2 Å². The summed E-state index contributed by atoms with van der Waals surface area (Å²) in [7, 11) is 4.62. The molecule has 1 saturated heterocycles. The van der Waals surface area contributed by atoms with Gasteiger partial charge < -0.3 is 29.3 Å². The fourth-order valence-corrected chi connectivity index (χ4v) is 3.71. The maximum Gasteiger partial charge on any atom is 0.203 e. The van der Waals surface area contributed by atoms with Crippen LogP contribution in [-0.2, 0) is 6.54 Å². The molecule has 2 rings (SSSR count). The molecule has 1 aliphatic heterocycles. The van der Waals surface area contributed by atoms with E-state index in [1.807, 2.05) is 6.07 Å².